The maximum atomic E-state index is 2.41. The molecule has 0 saturated carbocycles. The summed E-state index contributed by atoms with van der Waals surface area (Å²) in [4.78, 5) is 0. The lowest BCUT2D eigenvalue weighted by Crippen LogP contribution is -2.10. The van der Waals surface area contributed by atoms with E-state index in [2.05, 4.69) is 71.0 Å². The van der Waals surface area contributed by atoms with Gasteiger partial charge < -0.3 is 0 Å². The minimum Gasteiger partial charge on any atom is -0.0587 e. The van der Waals surface area contributed by atoms with Gasteiger partial charge >= 0.3 is 0 Å². The van der Waals surface area contributed by atoms with E-state index in [4.69, 9.17) is 0 Å². The Morgan fingerprint density at radius 3 is 2.05 bits per heavy atom. The molecule has 0 heteroatoms. The lowest BCUT2D eigenvalue weighted by molar-refractivity contribution is 0.590. The van der Waals surface area contributed by atoms with E-state index in [-0.39, 0.29) is 5.41 Å². The molecule has 0 saturated heterocycles. The molecular formula is C20H24. The van der Waals surface area contributed by atoms with Crippen LogP contribution in [0.15, 0.2) is 36.4 Å². The molecular weight excluding hydrogens is 240 g/mol. The van der Waals surface area contributed by atoms with Crippen LogP contribution in [0.4, 0.5) is 0 Å². The number of fused-ring (bicyclic) bond motifs is 3. The normalized spacial score (nSPS) is 13.5. The van der Waals surface area contributed by atoms with Crippen molar-refractivity contribution in [1.82, 2.24) is 0 Å². The van der Waals surface area contributed by atoms with Gasteiger partial charge in [0.25, 0.3) is 0 Å². The molecule has 20 heavy (non-hydrogen) atoms. The number of hydrogen-bond acceptors (Lipinski definition) is 0. The maximum absolute atomic E-state index is 2.41. The quantitative estimate of drug-likeness (QED) is 0.530. The number of hydrogen-bond donors (Lipinski definition) is 0. The van der Waals surface area contributed by atoms with E-state index in [1.807, 2.05) is 0 Å². The van der Waals surface area contributed by atoms with Crippen LogP contribution in [0.5, 0.6) is 0 Å². The topological polar surface area (TPSA) is 0 Å². The van der Waals surface area contributed by atoms with Gasteiger partial charge in [0.2, 0.25) is 0 Å². The Kier molecular flexibility index (Phi) is 3.01. The summed E-state index contributed by atoms with van der Waals surface area (Å²) in [5, 5.41) is 0. The second-order valence-electron chi connectivity index (χ2n) is 7.37. The summed E-state index contributed by atoms with van der Waals surface area (Å²) in [6, 6.07) is 14.0. The maximum Gasteiger partial charge on any atom is -0.00134 e. The van der Waals surface area contributed by atoms with Gasteiger partial charge in [-0.3, -0.25) is 0 Å². The first-order valence-electron chi connectivity index (χ1n) is 7.63. The molecule has 0 spiro atoms. The molecule has 1 aliphatic rings. The zero-order valence-corrected chi connectivity index (χ0v) is 13.2. The standard InChI is InChI=1S/C20H24/c1-13(2)14-6-7-15-10-16-8-9-17(20(3,4)5)12-19(16)18(15)11-14/h6-9,11-13H,10H2,1-5H3. The second-order valence-corrected chi connectivity index (χ2v) is 7.37. The Bertz CT molecular complexity index is 654. The molecule has 0 amide bonds. The highest BCUT2D eigenvalue weighted by atomic mass is 14.3. The molecule has 0 fully saturated rings. The van der Waals surface area contributed by atoms with Crippen molar-refractivity contribution in [2.75, 3.05) is 0 Å². The van der Waals surface area contributed by atoms with Gasteiger partial charge in [0, 0.05) is 0 Å². The van der Waals surface area contributed by atoms with Crippen LogP contribution in [0.3, 0.4) is 0 Å². The predicted molar refractivity (Wildman–Crippen MR) is 87.5 cm³/mol. The van der Waals surface area contributed by atoms with Gasteiger partial charge in [-0.2, -0.15) is 0 Å². The van der Waals surface area contributed by atoms with E-state index < -0.39 is 0 Å². The molecule has 0 bridgehead atoms. The average molecular weight is 264 g/mol. The summed E-state index contributed by atoms with van der Waals surface area (Å²) in [6.07, 6.45) is 1.09. The molecule has 104 valence electrons. The van der Waals surface area contributed by atoms with Gasteiger partial charge in [0.05, 0.1) is 0 Å². The van der Waals surface area contributed by atoms with E-state index >= 15 is 0 Å². The number of benzene rings is 2. The molecule has 0 radical (unpaired) electrons. The second kappa shape index (κ2) is 4.48. The van der Waals surface area contributed by atoms with E-state index in [1.165, 1.54) is 33.4 Å². The third-order valence-corrected chi connectivity index (χ3v) is 4.45. The third-order valence-electron chi connectivity index (χ3n) is 4.45. The Morgan fingerprint density at radius 1 is 0.850 bits per heavy atom. The van der Waals surface area contributed by atoms with E-state index in [1.54, 1.807) is 0 Å². The summed E-state index contributed by atoms with van der Waals surface area (Å²) in [7, 11) is 0. The van der Waals surface area contributed by atoms with Crippen LogP contribution in [-0.4, -0.2) is 0 Å². The van der Waals surface area contributed by atoms with E-state index in [9.17, 15) is 0 Å². The highest BCUT2D eigenvalue weighted by molar-refractivity contribution is 5.78. The summed E-state index contributed by atoms with van der Waals surface area (Å²) >= 11 is 0. The molecule has 2 aromatic carbocycles. The fourth-order valence-electron chi connectivity index (χ4n) is 3.01. The molecule has 0 aromatic heterocycles. The minimum atomic E-state index is 0.216. The third kappa shape index (κ3) is 2.18. The molecule has 0 unspecified atom stereocenters. The molecule has 1 aliphatic carbocycles. The van der Waals surface area contributed by atoms with Crippen LogP contribution in [0, 0.1) is 0 Å². The van der Waals surface area contributed by atoms with Crippen molar-refractivity contribution in [3.05, 3.63) is 58.7 Å². The molecule has 0 nitrogen and oxygen atoms in total. The van der Waals surface area contributed by atoms with Gasteiger partial charge in [-0.15, -0.1) is 0 Å². The molecule has 2 aromatic rings. The summed E-state index contributed by atoms with van der Waals surface area (Å²) in [5.41, 5.74) is 8.96. The first kappa shape index (κ1) is 13.4. The monoisotopic (exact) mass is 264 g/mol. The highest BCUT2D eigenvalue weighted by Gasteiger charge is 2.22. The largest absolute Gasteiger partial charge is 0.0587 e. The van der Waals surface area contributed by atoms with E-state index in [0.717, 1.165) is 6.42 Å². The zero-order valence-electron chi connectivity index (χ0n) is 13.2. The van der Waals surface area contributed by atoms with Crippen LogP contribution in [0.1, 0.15) is 62.8 Å². The fourth-order valence-corrected chi connectivity index (χ4v) is 3.01. The first-order chi connectivity index (χ1) is 9.36. The molecule has 0 atom stereocenters. The van der Waals surface area contributed by atoms with Gasteiger partial charge in [-0.05, 0) is 51.1 Å². The lowest BCUT2D eigenvalue weighted by Gasteiger charge is -2.20. The van der Waals surface area contributed by atoms with Crippen LogP contribution >= 0.6 is 0 Å². The zero-order chi connectivity index (χ0) is 14.5. The van der Waals surface area contributed by atoms with Gasteiger partial charge in [-0.25, -0.2) is 0 Å². The van der Waals surface area contributed by atoms with Crippen LogP contribution in [0.25, 0.3) is 11.1 Å². The summed E-state index contributed by atoms with van der Waals surface area (Å²) < 4.78 is 0. The van der Waals surface area contributed by atoms with Crippen LogP contribution in [0.2, 0.25) is 0 Å². The van der Waals surface area contributed by atoms with E-state index in [0.29, 0.717) is 5.92 Å². The van der Waals surface area contributed by atoms with Crippen molar-refractivity contribution in [1.29, 1.82) is 0 Å². The number of rotatable bonds is 1. The summed E-state index contributed by atoms with van der Waals surface area (Å²) in [6.45, 7) is 11.4. The minimum absolute atomic E-state index is 0.216. The summed E-state index contributed by atoms with van der Waals surface area (Å²) in [5.74, 6) is 0.593. The Labute approximate surface area is 122 Å². The predicted octanol–water partition coefficient (Wildman–Crippen LogP) is 5.68. The van der Waals surface area contributed by atoms with Gasteiger partial charge in [0.1, 0.15) is 0 Å². The van der Waals surface area contributed by atoms with Crippen LogP contribution < -0.4 is 0 Å². The van der Waals surface area contributed by atoms with Crippen molar-refractivity contribution in [2.45, 2.75) is 52.4 Å². The van der Waals surface area contributed by atoms with Gasteiger partial charge in [0.15, 0.2) is 0 Å². The first-order valence-corrected chi connectivity index (χ1v) is 7.63. The lowest BCUT2D eigenvalue weighted by atomic mass is 9.85. The molecule has 0 N–H and O–H groups in total. The fraction of sp³-hybridized carbons (Fsp3) is 0.400. The highest BCUT2D eigenvalue weighted by Crippen LogP contribution is 2.40. The van der Waals surface area contributed by atoms with Gasteiger partial charge in [-0.1, -0.05) is 71.0 Å². The van der Waals surface area contributed by atoms with Crippen molar-refractivity contribution in [3.8, 4) is 11.1 Å². The smallest absolute Gasteiger partial charge is 0.00134 e. The Balaban J connectivity index is 2.14. The van der Waals surface area contributed by atoms with Crippen LogP contribution in [-0.2, 0) is 11.8 Å². The Morgan fingerprint density at radius 2 is 1.45 bits per heavy atom. The van der Waals surface area contributed by atoms with Crippen molar-refractivity contribution < 1.29 is 0 Å². The average Bonchev–Trinajstić information content (AvgIpc) is 2.74. The van der Waals surface area contributed by atoms with Crippen molar-refractivity contribution in [2.24, 2.45) is 0 Å². The van der Waals surface area contributed by atoms with Crippen molar-refractivity contribution >= 4 is 0 Å². The SMILES string of the molecule is CC(C)c1ccc2c(c1)-c1cc(C(C)(C)C)ccc1C2. The molecule has 0 aliphatic heterocycles. The Hall–Kier alpha value is -1.56. The molecule has 3 rings (SSSR count). The van der Waals surface area contributed by atoms with Crippen molar-refractivity contribution in [3.63, 3.8) is 0 Å². The molecule has 0 heterocycles.